The van der Waals surface area contributed by atoms with E-state index < -0.39 is 0 Å². The largest absolute Gasteiger partial charge is 0.381 e. The van der Waals surface area contributed by atoms with Gasteiger partial charge in [0.1, 0.15) is 0 Å². The van der Waals surface area contributed by atoms with E-state index in [9.17, 15) is 4.79 Å². The summed E-state index contributed by atoms with van der Waals surface area (Å²) in [4.78, 5) is 15.6. The standard InChI is InChI=1S/C16H24N2O2S/c1-20-14-6-2-7-16(14)8-4-9-18(12-16)15(19)17-11-13-5-3-10-21-13/h3,5,10,14H,2,4,6-9,11-12H2,1H3,(H,17,19)/t14-,16-/m1/s1. The molecule has 0 unspecified atom stereocenters. The summed E-state index contributed by atoms with van der Waals surface area (Å²) in [5.41, 5.74) is 0.202. The van der Waals surface area contributed by atoms with E-state index >= 15 is 0 Å². The van der Waals surface area contributed by atoms with Crippen LogP contribution in [0, 0.1) is 5.41 Å². The van der Waals surface area contributed by atoms with Gasteiger partial charge in [0.05, 0.1) is 12.6 Å². The molecule has 2 amide bonds. The van der Waals surface area contributed by atoms with Gasteiger partial charge in [-0.2, -0.15) is 0 Å². The molecule has 3 rings (SSSR count). The minimum absolute atomic E-state index is 0.0734. The second-order valence-corrected chi connectivity index (χ2v) is 7.27. The molecule has 1 aliphatic carbocycles. The highest BCUT2D eigenvalue weighted by Gasteiger charge is 2.46. The van der Waals surface area contributed by atoms with Crippen LogP contribution in [0.2, 0.25) is 0 Å². The van der Waals surface area contributed by atoms with E-state index in [1.165, 1.54) is 24.1 Å². The van der Waals surface area contributed by atoms with E-state index in [2.05, 4.69) is 11.4 Å². The van der Waals surface area contributed by atoms with Gasteiger partial charge in [-0.3, -0.25) is 0 Å². The van der Waals surface area contributed by atoms with Crippen LogP contribution in [0.4, 0.5) is 4.79 Å². The zero-order valence-corrected chi connectivity index (χ0v) is 13.5. The van der Waals surface area contributed by atoms with Crippen LogP contribution in [0.5, 0.6) is 0 Å². The van der Waals surface area contributed by atoms with Gasteiger partial charge in [0.2, 0.25) is 0 Å². The Morgan fingerprint density at radius 3 is 3.14 bits per heavy atom. The van der Waals surface area contributed by atoms with Crippen molar-refractivity contribution in [2.75, 3.05) is 20.2 Å². The monoisotopic (exact) mass is 308 g/mol. The number of carbonyl (C=O) groups is 1. The van der Waals surface area contributed by atoms with Crippen molar-refractivity contribution >= 4 is 17.4 Å². The van der Waals surface area contributed by atoms with E-state index in [0.29, 0.717) is 12.6 Å². The Morgan fingerprint density at radius 1 is 1.52 bits per heavy atom. The maximum Gasteiger partial charge on any atom is 0.317 e. The van der Waals surface area contributed by atoms with Crippen molar-refractivity contribution in [3.8, 4) is 0 Å². The summed E-state index contributed by atoms with van der Waals surface area (Å²) in [5, 5.41) is 5.09. The molecule has 21 heavy (non-hydrogen) atoms. The zero-order chi connectivity index (χ0) is 14.7. The third-order valence-corrected chi connectivity index (χ3v) is 5.87. The van der Waals surface area contributed by atoms with Gasteiger partial charge in [0, 0.05) is 30.5 Å². The third kappa shape index (κ3) is 3.09. The summed E-state index contributed by atoms with van der Waals surface area (Å²) in [6, 6.07) is 4.15. The quantitative estimate of drug-likeness (QED) is 0.931. The molecule has 1 spiro atoms. The van der Waals surface area contributed by atoms with Crippen LogP contribution in [0.15, 0.2) is 17.5 Å². The number of hydrogen-bond donors (Lipinski definition) is 1. The Kier molecular flexibility index (Phi) is 4.50. The fourth-order valence-electron chi connectivity index (χ4n) is 3.96. The molecule has 116 valence electrons. The first-order chi connectivity index (χ1) is 10.2. The highest BCUT2D eigenvalue weighted by atomic mass is 32.1. The number of likely N-dealkylation sites (tertiary alicyclic amines) is 1. The minimum Gasteiger partial charge on any atom is -0.381 e. The lowest BCUT2D eigenvalue weighted by atomic mass is 9.76. The van der Waals surface area contributed by atoms with Crippen LogP contribution in [-0.2, 0) is 11.3 Å². The molecule has 2 fully saturated rings. The summed E-state index contributed by atoms with van der Waals surface area (Å²) in [5.74, 6) is 0. The molecule has 1 N–H and O–H groups in total. The average Bonchev–Trinajstić information content (AvgIpc) is 3.14. The number of hydrogen-bond acceptors (Lipinski definition) is 3. The van der Waals surface area contributed by atoms with Crippen LogP contribution in [0.1, 0.15) is 37.0 Å². The van der Waals surface area contributed by atoms with Crippen molar-refractivity contribution in [3.05, 3.63) is 22.4 Å². The van der Waals surface area contributed by atoms with Gasteiger partial charge in [-0.05, 0) is 37.1 Å². The summed E-state index contributed by atoms with van der Waals surface area (Å²) in [7, 11) is 1.81. The van der Waals surface area contributed by atoms with Gasteiger partial charge < -0.3 is 15.0 Å². The van der Waals surface area contributed by atoms with Crippen molar-refractivity contribution < 1.29 is 9.53 Å². The molecule has 0 aromatic carbocycles. The van der Waals surface area contributed by atoms with E-state index in [1.54, 1.807) is 11.3 Å². The smallest absolute Gasteiger partial charge is 0.317 e. The van der Waals surface area contributed by atoms with Crippen LogP contribution < -0.4 is 5.32 Å². The Balaban J connectivity index is 1.59. The molecule has 0 radical (unpaired) electrons. The first-order valence-corrected chi connectivity index (χ1v) is 8.69. The topological polar surface area (TPSA) is 41.6 Å². The minimum atomic E-state index is 0.0734. The Labute approximate surface area is 130 Å². The normalized spacial score (nSPS) is 29.0. The molecule has 5 heteroatoms. The molecule has 1 aromatic rings. The van der Waals surface area contributed by atoms with E-state index in [1.807, 2.05) is 23.5 Å². The number of nitrogens with one attached hydrogen (secondary N) is 1. The number of urea groups is 1. The van der Waals surface area contributed by atoms with Crippen molar-refractivity contribution in [2.45, 2.75) is 44.8 Å². The van der Waals surface area contributed by atoms with E-state index in [-0.39, 0.29) is 11.4 Å². The molecule has 1 saturated carbocycles. The number of ether oxygens (including phenoxy) is 1. The lowest BCUT2D eigenvalue weighted by molar-refractivity contribution is -0.0255. The maximum atomic E-state index is 12.4. The summed E-state index contributed by atoms with van der Waals surface area (Å²) in [6.07, 6.45) is 6.17. The second-order valence-electron chi connectivity index (χ2n) is 6.24. The molecule has 2 heterocycles. The van der Waals surface area contributed by atoms with Crippen molar-refractivity contribution in [1.29, 1.82) is 0 Å². The number of piperidine rings is 1. The van der Waals surface area contributed by atoms with Crippen LogP contribution in [0.3, 0.4) is 0 Å². The predicted octanol–water partition coefficient (Wildman–Crippen LogP) is 3.24. The van der Waals surface area contributed by atoms with Crippen LogP contribution in [0.25, 0.3) is 0 Å². The number of nitrogens with zero attached hydrogens (tertiary/aromatic N) is 1. The third-order valence-electron chi connectivity index (χ3n) is 5.00. The van der Waals surface area contributed by atoms with E-state index in [4.69, 9.17) is 4.74 Å². The fourth-order valence-corrected chi connectivity index (χ4v) is 4.61. The van der Waals surface area contributed by atoms with Gasteiger partial charge in [0.25, 0.3) is 0 Å². The SMILES string of the molecule is CO[C@@H]1CCC[C@]12CCCN(C(=O)NCc1cccs1)C2. The molecule has 1 aromatic heterocycles. The molecule has 2 aliphatic rings. The molecule has 0 bridgehead atoms. The van der Waals surface area contributed by atoms with Crippen LogP contribution in [-0.4, -0.2) is 37.2 Å². The lowest BCUT2D eigenvalue weighted by Crippen LogP contribution is -2.52. The highest BCUT2D eigenvalue weighted by molar-refractivity contribution is 7.09. The first kappa shape index (κ1) is 14.9. The number of rotatable bonds is 3. The van der Waals surface area contributed by atoms with Gasteiger partial charge in [-0.25, -0.2) is 4.79 Å². The number of thiophene rings is 1. The van der Waals surface area contributed by atoms with Gasteiger partial charge >= 0.3 is 6.03 Å². The molecular weight excluding hydrogens is 284 g/mol. The summed E-state index contributed by atoms with van der Waals surface area (Å²) in [6.45, 7) is 2.35. The number of methoxy groups -OCH3 is 1. The second kappa shape index (κ2) is 6.36. The van der Waals surface area contributed by atoms with E-state index in [0.717, 1.165) is 25.9 Å². The van der Waals surface area contributed by atoms with Crippen molar-refractivity contribution in [2.24, 2.45) is 5.41 Å². The zero-order valence-electron chi connectivity index (χ0n) is 12.6. The molecule has 4 nitrogen and oxygen atoms in total. The average molecular weight is 308 g/mol. The Morgan fingerprint density at radius 2 is 2.38 bits per heavy atom. The summed E-state index contributed by atoms with van der Waals surface area (Å²) < 4.78 is 5.69. The fraction of sp³-hybridized carbons (Fsp3) is 0.688. The molecule has 1 aliphatic heterocycles. The lowest BCUT2D eigenvalue weighted by Gasteiger charge is -2.43. The molecule has 2 atom stereocenters. The number of carbonyl (C=O) groups excluding carboxylic acids is 1. The number of amides is 2. The van der Waals surface area contributed by atoms with Crippen molar-refractivity contribution in [1.82, 2.24) is 10.2 Å². The maximum absolute atomic E-state index is 12.4. The van der Waals surface area contributed by atoms with Gasteiger partial charge in [0.15, 0.2) is 0 Å². The van der Waals surface area contributed by atoms with Gasteiger partial charge in [-0.15, -0.1) is 11.3 Å². The predicted molar refractivity (Wildman–Crippen MR) is 84.4 cm³/mol. The van der Waals surface area contributed by atoms with Crippen LogP contribution >= 0.6 is 11.3 Å². The molecular formula is C16H24N2O2S. The molecule has 1 saturated heterocycles. The van der Waals surface area contributed by atoms with Gasteiger partial charge in [-0.1, -0.05) is 12.5 Å². The van der Waals surface area contributed by atoms with Crippen molar-refractivity contribution in [3.63, 3.8) is 0 Å². The Hall–Kier alpha value is -1.07. The highest BCUT2D eigenvalue weighted by Crippen LogP contribution is 2.46. The Bertz CT molecular complexity index is 477. The first-order valence-electron chi connectivity index (χ1n) is 7.81. The summed E-state index contributed by atoms with van der Waals surface area (Å²) >= 11 is 1.68.